The lowest BCUT2D eigenvalue weighted by atomic mass is 10.1. The van der Waals surface area contributed by atoms with Crippen molar-refractivity contribution in [3.05, 3.63) is 23.7 Å². The number of ether oxygens (including phenoxy) is 1. The molecule has 4 nitrogen and oxygen atoms in total. The highest BCUT2D eigenvalue weighted by Crippen LogP contribution is 2.27. The summed E-state index contributed by atoms with van der Waals surface area (Å²) in [6, 6.07) is -1.24. The summed E-state index contributed by atoms with van der Waals surface area (Å²) >= 11 is 0. The summed E-state index contributed by atoms with van der Waals surface area (Å²) in [7, 11) is 0. The van der Waals surface area contributed by atoms with E-state index in [2.05, 4.69) is 0 Å². The molecule has 0 amide bonds. The van der Waals surface area contributed by atoms with Crippen LogP contribution >= 0.6 is 0 Å². The van der Waals surface area contributed by atoms with Gasteiger partial charge in [-0.15, -0.1) is 0 Å². The molecule has 0 spiro atoms. The number of hydrogen-bond acceptors (Lipinski definition) is 4. The van der Waals surface area contributed by atoms with Gasteiger partial charge in [0.25, 0.3) is 0 Å². The van der Waals surface area contributed by atoms with E-state index in [1.165, 1.54) is 0 Å². The Morgan fingerprint density at radius 2 is 2.27 bits per heavy atom. The molecular formula is C11H12O4. The molecule has 80 valence electrons. The Kier molecular flexibility index (Phi) is 1.70. The molecule has 1 saturated heterocycles. The molecule has 0 radical (unpaired) electrons. The molecule has 1 fully saturated rings. The van der Waals surface area contributed by atoms with E-state index in [9.17, 15) is 15.0 Å². The number of esters is 1. The maximum Gasteiger partial charge on any atom is 0.306 e. The van der Waals surface area contributed by atoms with E-state index >= 15 is 0 Å². The Balaban J connectivity index is 2.36. The van der Waals surface area contributed by atoms with Crippen LogP contribution in [0.15, 0.2) is 18.1 Å². The van der Waals surface area contributed by atoms with Gasteiger partial charge in [-0.25, -0.2) is 0 Å². The molecule has 2 N–H and O–H groups in total. The van der Waals surface area contributed by atoms with Crippen molar-refractivity contribution in [3.63, 3.8) is 0 Å². The summed E-state index contributed by atoms with van der Waals surface area (Å²) in [5.74, 6) is -1.81. The van der Waals surface area contributed by atoms with Gasteiger partial charge in [0, 0.05) is 12.8 Å². The smallest absolute Gasteiger partial charge is 0.306 e. The predicted octanol–water partition coefficient (Wildman–Crippen LogP) is 1.35. The third-order valence-electron chi connectivity index (χ3n) is 2.23. The van der Waals surface area contributed by atoms with Crippen LogP contribution in [0, 0.1) is 0 Å². The topological polar surface area (TPSA) is 66.8 Å². The minimum absolute atomic E-state index is 0.100. The quantitative estimate of drug-likeness (QED) is 0.572. The Morgan fingerprint density at radius 1 is 1.47 bits per heavy atom. The lowest BCUT2D eigenvalue weighted by molar-refractivity contribution is -0.141. The number of phenols is 2. The zero-order valence-corrected chi connectivity index (χ0v) is 7.91. The van der Waals surface area contributed by atoms with Crippen molar-refractivity contribution >= 4 is 5.97 Å². The SMILES string of the molecule is [2H]c1c([2H])c(C[C@H]2CCC(=O)O2)c([2H])c(O)c1O. The number of aromatic hydroxyl groups is 2. The minimum Gasteiger partial charge on any atom is -0.504 e. The van der Waals surface area contributed by atoms with Crippen LogP contribution < -0.4 is 0 Å². The van der Waals surface area contributed by atoms with Crippen LogP contribution in [0.3, 0.4) is 0 Å². The monoisotopic (exact) mass is 211 g/mol. The first kappa shape index (κ1) is 6.71. The van der Waals surface area contributed by atoms with Crippen molar-refractivity contribution < 1.29 is 23.9 Å². The minimum atomic E-state index is -0.767. The molecule has 1 aliphatic rings. The first-order valence-electron chi connectivity index (χ1n) is 6.11. The van der Waals surface area contributed by atoms with Gasteiger partial charge in [0.2, 0.25) is 0 Å². The second-order valence-corrected chi connectivity index (χ2v) is 3.41. The number of carbonyl (C=O) groups is 1. The van der Waals surface area contributed by atoms with Crippen LogP contribution in [-0.2, 0) is 16.0 Å². The van der Waals surface area contributed by atoms with Gasteiger partial charge in [-0.05, 0) is 24.1 Å². The molecule has 1 heterocycles. The first-order chi connectivity index (χ1) is 8.41. The zero-order valence-electron chi connectivity index (χ0n) is 10.9. The zero-order chi connectivity index (χ0) is 13.4. The molecule has 2 rings (SSSR count). The number of rotatable bonds is 2. The van der Waals surface area contributed by atoms with E-state index in [1.807, 2.05) is 0 Å². The predicted molar refractivity (Wildman–Crippen MR) is 52.6 cm³/mol. The molecule has 0 saturated carbocycles. The largest absolute Gasteiger partial charge is 0.504 e. The highest BCUT2D eigenvalue weighted by atomic mass is 16.5. The van der Waals surface area contributed by atoms with E-state index in [4.69, 9.17) is 8.85 Å². The van der Waals surface area contributed by atoms with Crippen LogP contribution in [0.25, 0.3) is 0 Å². The molecule has 1 atom stereocenters. The summed E-state index contributed by atoms with van der Waals surface area (Å²) in [6.45, 7) is 0. The standard InChI is InChI=1S/C11H12O4/c12-9-3-1-7(6-10(9)13)5-8-2-4-11(14)15-8/h1,3,6,8,12-13H,2,4-5H2/t8-/m1/s1/i1D,3D,6D. The highest BCUT2D eigenvalue weighted by Gasteiger charge is 2.23. The highest BCUT2D eigenvalue weighted by molar-refractivity contribution is 5.71. The van der Waals surface area contributed by atoms with E-state index in [0.29, 0.717) is 12.8 Å². The summed E-state index contributed by atoms with van der Waals surface area (Å²) in [6.07, 6.45) is 0.452. The van der Waals surface area contributed by atoms with Crippen molar-refractivity contribution in [2.24, 2.45) is 0 Å². The van der Waals surface area contributed by atoms with Gasteiger partial charge in [0.1, 0.15) is 6.10 Å². The van der Waals surface area contributed by atoms with Gasteiger partial charge < -0.3 is 14.9 Å². The molecular weight excluding hydrogens is 196 g/mol. The van der Waals surface area contributed by atoms with Gasteiger partial charge in [0.15, 0.2) is 11.5 Å². The molecule has 4 heteroatoms. The third kappa shape index (κ3) is 2.21. The lowest BCUT2D eigenvalue weighted by Crippen LogP contribution is -2.10. The fourth-order valence-corrected chi connectivity index (χ4v) is 1.48. The third-order valence-corrected chi connectivity index (χ3v) is 2.23. The average Bonchev–Trinajstić information content (AvgIpc) is 2.75. The van der Waals surface area contributed by atoms with Gasteiger partial charge >= 0.3 is 5.97 Å². The normalized spacial score (nSPS) is 23.1. The number of hydrogen-bond donors (Lipinski definition) is 2. The number of cyclic esters (lactones) is 1. The van der Waals surface area contributed by atoms with Crippen LogP contribution in [0.2, 0.25) is 0 Å². The average molecular weight is 211 g/mol. The van der Waals surface area contributed by atoms with Gasteiger partial charge in [0.05, 0.1) is 4.11 Å². The van der Waals surface area contributed by atoms with Crippen LogP contribution in [0.1, 0.15) is 22.5 Å². The maximum atomic E-state index is 11.0. The van der Waals surface area contributed by atoms with Gasteiger partial charge in [-0.2, -0.15) is 0 Å². The maximum absolute atomic E-state index is 11.0. The Morgan fingerprint density at radius 3 is 2.93 bits per heavy atom. The molecule has 0 unspecified atom stereocenters. The van der Waals surface area contributed by atoms with E-state index in [1.54, 1.807) is 0 Å². The van der Waals surface area contributed by atoms with Crippen molar-refractivity contribution in [2.45, 2.75) is 25.4 Å². The second-order valence-electron chi connectivity index (χ2n) is 3.41. The summed E-state index contributed by atoms with van der Waals surface area (Å²) in [4.78, 5) is 11.0. The fourth-order valence-electron chi connectivity index (χ4n) is 1.48. The van der Waals surface area contributed by atoms with Gasteiger partial charge in [-0.3, -0.25) is 4.79 Å². The lowest BCUT2D eigenvalue weighted by Gasteiger charge is -2.09. The van der Waals surface area contributed by atoms with Gasteiger partial charge in [-0.1, -0.05) is 6.04 Å². The summed E-state index contributed by atoms with van der Waals surface area (Å²) in [5.41, 5.74) is 0.106. The Hall–Kier alpha value is -1.71. The van der Waals surface area contributed by atoms with Crippen LogP contribution in [0.4, 0.5) is 0 Å². The molecule has 0 aromatic heterocycles. The molecule has 1 aliphatic heterocycles. The molecule has 0 bridgehead atoms. The molecule has 0 aliphatic carbocycles. The van der Waals surface area contributed by atoms with Crippen LogP contribution in [-0.4, -0.2) is 22.3 Å². The van der Waals surface area contributed by atoms with Crippen molar-refractivity contribution in [3.8, 4) is 11.5 Å². The van der Waals surface area contributed by atoms with Crippen molar-refractivity contribution in [1.29, 1.82) is 0 Å². The molecule has 1 aromatic rings. The van der Waals surface area contributed by atoms with E-state index in [-0.39, 0.29) is 24.0 Å². The van der Waals surface area contributed by atoms with Crippen LogP contribution in [0.5, 0.6) is 11.5 Å². The molecule has 15 heavy (non-hydrogen) atoms. The molecule has 1 aromatic carbocycles. The Labute approximate surface area is 91.3 Å². The summed E-state index contributed by atoms with van der Waals surface area (Å²) < 4.78 is 27.7. The Bertz CT molecular complexity index is 486. The number of phenolic OH excluding ortho intramolecular Hbond substituents is 2. The fraction of sp³-hybridized carbons (Fsp3) is 0.364. The number of benzene rings is 1. The first-order valence-corrected chi connectivity index (χ1v) is 4.61. The van der Waals surface area contributed by atoms with Crippen molar-refractivity contribution in [2.75, 3.05) is 0 Å². The van der Waals surface area contributed by atoms with E-state index in [0.717, 1.165) is 0 Å². The van der Waals surface area contributed by atoms with E-state index < -0.39 is 29.7 Å². The number of carbonyl (C=O) groups excluding carboxylic acids is 1. The second kappa shape index (κ2) is 3.81. The van der Waals surface area contributed by atoms with Crippen molar-refractivity contribution in [1.82, 2.24) is 0 Å². The summed E-state index contributed by atoms with van der Waals surface area (Å²) in [5, 5.41) is 18.8.